The Bertz CT molecular complexity index is 572. The van der Waals surface area contributed by atoms with Crippen molar-refractivity contribution in [2.45, 2.75) is 19.1 Å². The molecule has 2 saturated heterocycles. The van der Waals surface area contributed by atoms with Crippen LogP contribution in [0.15, 0.2) is 30.3 Å². The maximum atomic E-state index is 12.3. The van der Waals surface area contributed by atoms with E-state index in [0.717, 1.165) is 19.4 Å². The molecule has 1 N–H and O–H groups in total. The van der Waals surface area contributed by atoms with Crippen LogP contribution >= 0.6 is 0 Å². The van der Waals surface area contributed by atoms with E-state index in [1.807, 2.05) is 18.2 Å². The van der Waals surface area contributed by atoms with E-state index in [1.165, 1.54) is 0 Å². The number of rotatable bonds is 3. The molecule has 0 radical (unpaired) electrons. The van der Waals surface area contributed by atoms with Crippen LogP contribution in [0, 0.1) is 0 Å². The molecule has 1 unspecified atom stereocenters. The van der Waals surface area contributed by atoms with Crippen LogP contribution in [0.1, 0.15) is 12.8 Å². The van der Waals surface area contributed by atoms with Crippen LogP contribution in [-0.2, 0) is 4.79 Å². The van der Waals surface area contributed by atoms with Gasteiger partial charge in [-0.15, -0.1) is 0 Å². The van der Waals surface area contributed by atoms with Gasteiger partial charge in [-0.3, -0.25) is 9.69 Å². The fraction of sp³-hybridized carbons (Fsp3) is 0.529. The number of carbonyl (C=O) groups excluding carboxylic acids is 2. The van der Waals surface area contributed by atoms with Crippen molar-refractivity contribution in [2.75, 3.05) is 39.3 Å². The van der Waals surface area contributed by atoms with Crippen LogP contribution < -0.4 is 4.74 Å². The van der Waals surface area contributed by atoms with Crippen molar-refractivity contribution in [3.05, 3.63) is 30.3 Å². The van der Waals surface area contributed by atoms with Crippen molar-refractivity contribution in [3.63, 3.8) is 0 Å². The largest absolute Gasteiger partial charge is 0.415 e. The molecular formula is C17H23N3O4. The van der Waals surface area contributed by atoms with Gasteiger partial charge < -0.3 is 19.6 Å². The van der Waals surface area contributed by atoms with Gasteiger partial charge in [0.05, 0.1) is 6.54 Å². The van der Waals surface area contributed by atoms with E-state index in [9.17, 15) is 14.7 Å². The van der Waals surface area contributed by atoms with Gasteiger partial charge in [-0.2, -0.15) is 0 Å². The van der Waals surface area contributed by atoms with Crippen molar-refractivity contribution >= 4 is 12.0 Å². The van der Waals surface area contributed by atoms with Crippen molar-refractivity contribution in [2.24, 2.45) is 0 Å². The minimum atomic E-state index is -0.504. The molecule has 7 nitrogen and oxygen atoms in total. The molecule has 2 aliphatic rings. The highest BCUT2D eigenvalue weighted by Gasteiger charge is 2.29. The van der Waals surface area contributed by atoms with Crippen LogP contribution in [0.25, 0.3) is 0 Å². The summed E-state index contributed by atoms with van der Waals surface area (Å²) in [4.78, 5) is 29.6. The zero-order chi connectivity index (χ0) is 16.9. The second kappa shape index (κ2) is 7.63. The van der Waals surface area contributed by atoms with Crippen molar-refractivity contribution in [3.8, 4) is 5.75 Å². The number of hydrogen-bond acceptors (Lipinski definition) is 5. The maximum Gasteiger partial charge on any atom is 0.415 e. The van der Waals surface area contributed by atoms with Crippen LogP contribution in [-0.4, -0.2) is 77.3 Å². The first-order chi connectivity index (χ1) is 11.6. The summed E-state index contributed by atoms with van der Waals surface area (Å²) in [5.74, 6) is 0.524. The molecule has 130 valence electrons. The molecule has 0 bridgehead atoms. The van der Waals surface area contributed by atoms with Crippen LogP contribution in [0.5, 0.6) is 5.75 Å². The highest BCUT2D eigenvalue weighted by atomic mass is 16.6. The predicted octanol–water partition coefficient (Wildman–Crippen LogP) is 0.744. The summed E-state index contributed by atoms with van der Waals surface area (Å²) in [6.07, 6.45) is 0.763. The number of benzene rings is 1. The molecule has 2 heterocycles. The summed E-state index contributed by atoms with van der Waals surface area (Å²) < 4.78 is 5.31. The lowest BCUT2D eigenvalue weighted by Crippen LogP contribution is -2.53. The third-order valence-electron chi connectivity index (χ3n) is 4.51. The van der Waals surface area contributed by atoms with Gasteiger partial charge in [0, 0.05) is 32.7 Å². The van der Waals surface area contributed by atoms with E-state index < -0.39 is 6.23 Å². The first-order valence-corrected chi connectivity index (χ1v) is 8.35. The third kappa shape index (κ3) is 4.04. The Labute approximate surface area is 141 Å². The number of ether oxygens (including phenoxy) is 1. The number of aliphatic hydroxyl groups excluding tert-OH is 1. The minimum Gasteiger partial charge on any atom is -0.410 e. The molecule has 2 amide bonds. The average molecular weight is 333 g/mol. The van der Waals surface area contributed by atoms with Crippen LogP contribution in [0.3, 0.4) is 0 Å². The lowest BCUT2D eigenvalue weighted by atomic mass is 10.3. The first-order valence-electron chi connectivity index (χ1n) is 8.35. The first kappa shape index (κ1) is 16.7. The van der Waals surface area contributed by atoms with Gasteiger partial charge in [0.2, 0.25) is 5.91 Å². The molecule has 2 fully saturated rings. The Hall–Kier alpha value is -2.12. The predicted molar refractivity (Wildman–Crippen MR) is 87.4 cm³/mol. The van der Waals surface area contributed by atoms with Gasteiger partial charge in [0.1, 0.15) is 12.0 Å². The van der Waals surface area contributed by atoms with Crippen LogP contribution in [0.2, 0.25) is 0 Å². The van der Waals surface area contributed by atoms with Gasteiger partial charge >= 0.3 is 6.09 Å². The molecule has 0 spiro atoms. The van der Waals surface area contributed by atoms with E-state index in [2.05, 4.69) is 0 Å². The summed E-state index contributed by atoms with van der Waals surface area (Å²) in [7, 11) is 0. The number of nitrogens with zero attached hydrogens (tertiary/aromatic N) is 3. The summed E-state index contributed by atoms with van der Waals surface area (Å²) in [6.45, 7) is 2.91. The second-order valence-corrected chi connectivity index (χ2v) is 6.14. The summed E-state index contributed by atoms with van der Waals surface area (Å²) in [6, 6.07) is 8.95. The number of hydrogen-bond donors (Lipinski definition) is 1. The molecule has 3 rings (SSSR count). The summed E-state index contributed by atoms with van der Waals surface area (Å²) in [5.41, 5.74) is 0. The molecule has 2 aliphatic heterocycles. The van der Waals surface area contributed by atoms with Gasteiger partial charge in [0.15, 0.2) is 0 Å². The molecule has 0 aromatic heterocycles. The Balaban J connectivity index is 1.45. The molecule has 1 aromatic carbocycles. The lowest BCUT2D eigenvalue weighted by molar-refractivity contribution is -0.135. The van der Waals surface area contributed by atoms with Crippen molar-refractivity contribution in [1.29, 1.82) is 0 Å². The van der Waals surface area contributed by atoms with Gasteiger partial charge in [0.25, 0.3) is 0 Å². The number of likely N-dealkylation sites (tertiary alicyclic amines) is 1. The van der Waals surface area contributed by atoms with E-state index >= 15 is 0 Å². The smallest absolute Gasteiger partial charge is 0.410 e. The fourth-order valence-corrected chi connectivity index (χ4v) is 3.06. The molecule has 7 heteroatoms. The van der Waals surface area contributed by atoms with E-state index in [4.69, 9.17) is 4.74 Å². The number of carbonyl (C=O) groups is 2. The normalized spacial score (nSPS) is 21.8. The van der Waals surface area contributed by atoms with Gasteiger partial charge in [-0.05, 0) is 25.0 Å². The van der Waals surface area contributed by atoms with E-state index in [1.54, 1.807) is 26.8 Å². The number of para-hydroxylation sites is 1. The Morgan fingerprint density at radius 3 is 2.33 bits per heavy atom. The SMILES string of the molecule is O=C(CN1CCCC1O)N1CCN(C(=O)Oc2ccccc2)CC1. The summed E-state index contributed by atoms with van der Waals surface area (Å²) in [5, 5.41) is 9.78. The number of aliphatic hydroxyl groups is 1. The van der Waals surface area contributed by atoms with E-state index in [-0.39, 0.29) is 18.5 Å². The van der Waals surface area contributed by atoms with Crippen molar-refractivity contribution in [1.82, 2.24) is 14.7 Å². The number of amides is 2. The molecule has 0 saturated carbocycles. The highest BCUT2D eigenvalue weighted by molar-refractivity contribution is 5.79. The molecule has 0 aliphatic carbocycles. The Morgan fingerprint density at radius 2 is 1.71 bits per heavy atom. The topological polar surface area (TPSA) is 73.3 Å². The Morgan fingerprint density at radius 1 is 1.04 bits per heavy atom. The zero-order valence-corrected chi connectivity index (χ0v) is 13.6. The number of piperazine rings is 1. The third-order valence-corrected chi connectivity index (χ3v) is 4.51. The van der Waals surface area contributed by atoms with Gasteiger partial charge in [-0.25, -0.2) is 4.79 Å². The molecule has 1 aromatic rings. The standard InChI is InChI=1S/C17H23N3O4/c21-15-7-4-8-20(15)13-16(22)18-9-11-19(12-10-18)17(23)24-14-5-2-1-3-6-14/h1-3,5-6,15,21H,4,7-13H2. The quantitative estimate of drug-likeness (QED) is 0.883. The second-order valence-electron chi connectivity index (χ2n) is 6.14. The zero-order valence-electron chi connectivity index (χ0n) is 13.6. The summed E-state index contributed by atoms with van der Waals surface area (Å²) >= 11 is 0. The van der Waals surface area contributed by atoms with Gasteiger partial charge in [-0.1, -0.05) is 18.2 Å². The molecule has 24 heavy (non-hydrogen) atoms. The lowest BCUT2D eigenvalue weighted by Gasteiger charge is -2.35. The molecule has 1 atom stereocenters. The van der Waals surface area contributed by atoms with Crippen molar-refractivity contribution < 1.29 is 19.4 Å². The fourth-order valence-electron chi connectivity index (χ4n) is 3.06. The molecular weight excluding hydrogens is 310 g/mol. The highest BCUT2D eigenvalue weighted by Crippen LogP contribution is 2.15. The minimum absolute atomic E-state index is 0.00651. The Kier molecular flexibility index (Phi) is 5.32. The maximum absolute atomic E-state index is 12.3. The average Bonchev–Trinajstić information content (AvgIpc) is 3.00. The monoisotopic (exact) mass is 333 g/mol. The van der Waals surface area contributed by atoms with E-state index in [0.29, 0.717) is 31.9 Å². The van der Waals surface area contributed by atoms with Crippen LogP contribution in [0.4, 0.5) is 4.79 Å².